The Morgan fingerprint density at radius 3 is 0.825 bits per heavy atom. The van der Waals surface area contributed by atoms with Gasteiger partial charge >= 0.3 is 54.8 Å². The summed E-state index contributed by atoms with van der Waals surface area (Å²) in [6.45, 7) is 0. The molecule has 0 heterocycles. The molecule has 0 aromatic rings. The summed E-state index contributed by atoms with van der Waals surface area (Å²) in [6.07, 6.45) is -19.5. The standard InChI is InChI=1S/C6H19O27P7/c7-1-2(27-34(8,9)10)4(29-36(14,15)16)6(31-40(25,26)33-38(20,21)22)5(3(1)28-35(11,12)13)30-39(23,24)32-37(17,18)19/h1-7H,(H,23,24)(H,25,26)(H2,8,9,10)(H2,11,12,13)(H2,14,15,16)(H2,17,18,19)(H2,20,21,22)/t1-,2+,3-,4-,5+,6+/m1/s1. The molecule has 0 aromatic heterocycles. The summed E-state index contributed by atoms with van der Waals surface area (Å²) in [5, 5.41) is 10.5. The zero-order valence-electron chi connectivity index (χ0n) is 18.1. The van der Waals surface area contributed by atoms with Crippen LogP contribution in [-0.2, 0) is 63.2 Å². The van der Waals surface area contributed by atoms with Gasteiger partial charge in [-0.25, -0.2) is 32.0 Å². The van der Waals surface area contributed by atoms with Gasteiger partial charge in [0.25, 0.3) is 0 Å². The van der Waals surface area contributed by atoms with E-state index in [0.717, 1.165) is 0 Å². The minimum Gasteiger partial charge on any atom is -0.387 e. The topological polar surface area (TPSA) is 447 Å². The minimum absolute atomic E-state index is 3.13. The fourth-order valence-corrected chi connectivity index (χ4v) is 8.07. The third-order valence-corrected chi connectivity index (χ3v) is 9.60. The first-order chi connectivity index (χ1) is 17.3. The Balaban J connectivity index is 3.98. The van der Waals surface area contributed by atoms with Gasteiger partial charge in [-0.15, -0.1) is 0 Å². The molecule has 1 aliphatic carbocycles. The smallest absolute Gasteiger partial charge is 0.387 e. The second-order valence-electron chi connectivity index (χ2n) is 6.89. The summed E-state index contributed by atoms with van der Waals surface area (Å²) in [7, 11) is -43.1. The van der Waals surface area contributed by atoms with Gasteiger partial charge in [-0.3, -0.25) is 22.6 Å². The molecule has 27 nitrogen and oxygen atoms in total. The molecule has 0 radical (unpaired) electrons. The van der Waals surface area contributed by atoms with Crippen LogP contribution in [0.3, 0.4) is 0 Å². The van der Waals surface area contributed by atoms with Gasteiger partial charge in [0.15, 0.2) is 0 Å². The quantitative estimate of drug-likeness (QED) is 0.0788. The van der Waals surface area contributed by atoms with E-state index in [1.165, 1.54) is 0 Å². The number of rotatable bonds is 14. The zero-order valence-corrected chi connectivity index (χ0v) is 24.4. The van der Waals surface area contributed by atoms with Crippen molar-refractivity contribution in [3.8, 4) is 0 Å². The Kier molecular flexibility index (Phi) is 12.7. The van der Waals surface area contributed by atoms with Crippen LogP contribution in [0.15, 0.2) is 0 Å². The summed E-state index contributed by atoms with van der Waals surface area (Å²) in [5.41, 5.74) is 0. The minimum atomic E-state index is -6.43. The Morgan fingerprint density at radius 1 is 0.350 bits per heavy atom. The normalized spacial score (nSPS) is 30.4. The van der Waals surface area contributed by atoms with E-state index in [2.05, 4.69) is 31.2 Å². The molecule has 1 saturated carbocycles. The monoisotopic (exact) mass is 740 g/mol. The molecular weight excluding hydrogens is 721 g/mol. The molecule has 13 N–H and O–H groups in total. The predicted octanol–water partition coefficient (Wildman–Crippen LogP) is -3.02. The fraction of sp³-hybridized carbons (Fsp3) is 1.00. The molecule has 0 spiro atoms. The molecule has 0 aromatic carbocycles. The Morgan fingerprint density at radius 2 is 0.575 bits per heavy atom. The van der Waals surface area contributed by atoms with Gasteiger partial charge in [0.2, 0.25) is 0 Å². The van der Waals surface area contributed by atoms with Gasteiger partial charge in [0.05, 0.1) is 0 Å². The van der Waals surface area contributed by atoms with Gasteiger partial charge in [0, 0.05) is 0 Å². The fourth-order valence-electron chi connectivity index (χ4n) is 2.83. The lowest BCUT2D eigenvalue weighted by atomic mass is 9.85. The van der Waals surface area contributed by atoms with E-state index in [9.17, 15) is 56.6 Å². The van der Waals surface area contributed by atoms with Crippen LogP contribution in [0.4, 0.5) is 0 Å². The van der Waals surface area contributed by atoms with Crippen LogP contribution in [0.25, 0.3) is 0 Å². The second kappa shape index (κ2) is 13.0. The van der Waals surface area contributed by atoms with Crippen molar-refractivity contribution in [2.24, 2.45) is 0 Å². The van der Waals surface area contributed by atoms with E-state index in [1.807, 2.05) is 0 Å². The molecule has 1 rings (SSSR count). The SMILES string of the molecule is O=P(O)(O)O[C@H]1[C@H](OP(=O)(O)OP(=O)(O)O)[C@@H](OP(=O)(O)OP(=O)(O)O)[C@H](OP(=O)(O)O)[C@H](O)[C@@H]1OP(=O)(O)O. The third kappa shape index (κ3) is 14.5. The highest BCUT2D eigenvalue weighted by Gasteiger charge is 2.61. The van der Waals surface area contributed by atoms with E-state index in [4.69, 9.17) is 39.1 Å². The Hall–Kier alpha value is 0.810. The molecule has 40 heavy (non-hydrogen) atoms. The van der Waals surface area contributed by atoms with E-state index >= 15 is 0 Å². The second-order valence-corrected chi connectivity index (χ2v) is 16.0. The van der Waals surface area contributed by atoms with E-state index < -0.39 is 91.4 Å². The average Bonchev–Trinajstić information content (AvgIpc) is 2.57. The van der Waals surface area contributed by atoms with Crippen molar-refractivity contribution in [2.75, 3.05) is 0 Å². The molecular formula is C6H19O27P7. The summed E-state index contributed by atoms with van der Waals surface area (Å²) in [6, 6.07) is 0. The number of hydrogen-bond acceptors (Lipinski definition) is 15. The molecule has 0 saturated heterocycles. The first-order valence-corrected chi connectivity index (χ1v) is 19.4. The van der Waals surface area contributed by atoms with Gasteiger partial charge in [-0.1, -0.05) is 0 Å². The summed E-state index contributed by atoms with van der Waals surface area (Å²) >= 11 is 0. The number of aliphatic hydroxyl groups excluding tert-OH is 1. The number of aliphatic hydroxyl groups is 1. The van der Waals surface area contributed by atoms with Crippen LogP contribution < -0.4 is 0 Å². The maximum Gasteiger partial charge on any atom is 0.481 e. The lowest BCUT2D eigenvalue weighted by Gasteiger charge is -2.47. The van der Waals surface area contributed by atoms with E-state index in [1.54, 1.807) is 0 Å². The Labute approximate surface area is 219 Å². The zero-order chi connectivity index (χ0) is 31.9. The molecule has 1 fully saturated rings. The maximum absolute atomic E-state index is 12.2. The van der Waals surface area contributed by atoms with Crippen molar-refractivity contribution in [3.63, 3.8) is 0 Å². The first kappa shape index (κ1) is 38.8. The maximum atomic E-state index is 12.2. The van der Waals surface area contributed by atoms with Crippen molar-refractivity contribution in [1.29, 1.82) is 0 Å². The molecule has 8 atom stereocenters. The highest BCUT2D eigenvalue weighted by atomic mass is 31.3. The molecule has 0 aliphatic heterocycles. The summed E-state index contributed by atoms with van der Waals surface area (Å²) in [4.78, 5) is 109. The van der Waals surface area contributed by atoms with Gasteiger partial charge in [-0.2, -0.15) is 8.62 Å². The predicted molar refractivity (Wildman–Crippen MR) is 112 cm³/mol. The van der Waals surface area contributed by atoms with Crippen LogP contribution >= 0.6 is 54.8 Å². The van der Waals surface area contributed by atoms with Gasteiger partial charge < -0.3 is 63.8 Å². The molecule has 1 aliphatic rings. The van der Waals surface area contributed by atoms with Crippen molar-refractivity contribution in [1.82, 2.24) is 0 Å². The summed E-state index contributed by atoms with van der Waals surface area (Å²) < 4.78 is 108. The van der Waals surface area contributed by atoms with Crippen molar-refractivity contribution in [3.05, 3.63) is 0 Å². The van der Waals surface area contributed by atoms with Crippen molar-refractivity contribution < 1.29 is 127 Å². The lowest BCUT2D eigenvalue weighted by Crippen LogP contribution is -2.66. The van der Waals surface area contributed by atoms with Gasteiger partial charge in [0.1, 0.15) is 36.6 Å². The van der Waals surface area contributed by atoms with E-state index in [-0.39, 0.29) is 0 Å². The van der Waals surface area contributed by atoms with Crippen molar-refractivity contribution in [2.45, 2.75) is 36.6 Å². The number of phosphoric ester groups is 5. The van der Waals surface area contributed by atoms with Crippen LogP contribution in [-0.4, -0.2) is 100 Å². The summed E-state index contributed by atoms with van der Waals surface area (Å²) in [5.74, 6) is 0. The van der Waals surface area contributed by atoms with Crippen molar-refractivity contribution >= 4 is 54.8 Å². The van der Waals surface area contributed by atoms with Crippen LogP contribution in [0.1, 0.15) is 0 Å². The molecule has 240 valence electrons. The molecule has 2 unspecified atom stereocenters. The largest absolute Gasteiger partial charge is 0.481 e. The van der Waals surface area contributed by atoms with Crippen LogP contribution in [0.5, 0.6) is 0 Å². The van der Waals surface area contributed by atoms with Crippen LogP contribution in [0.2, 0.25) is 0 Å². The molecule has 0 bridgehead atoms. The van der Waals surface area contributed by atoms with E-state index in [0.29, 0.717) is 0 Å². The molecule has 0 amide bonds. The van der Waals surface area contributed by atoms with Gasteiger partial charge in [-0.05, 0) is 0 Å². The first-order valence-electron chi connectivity index (χ1n) is 8.76. The highest BCUT2D eigenvalue weighted by molar-refractivity contribution is 7.61. The van der Waals surface area contributed by atoms with Crippen LogP contribution in [0, 0.1) is 0 Å². The highest BCUT2D eigenvalue weighted by Crippen LogP contribution is 2.63. The Bertz CT molecular complexity index is 1230. The lowest BCUT2D eigenvalue weighted by molar-refractivity contribution is -0.205. The molecule has 34 heteroatoms. The number of phosphoric acid groups is 7. The third-order valence-electron chi connectivity index (χ3n) is 3.67. The number of hydrogen-bond donors (Lipinski definition) is 13. The average molecular weight is 740 g/mol.